The Labute approximate surface area is 129 Å². The smallest absolute Gasteiger partial charge is 0.161 e. The SMILES string of the molecule is CCCc1nnsc1C(NC)c1c(OC)cnn1CCC. The van der Waals surface area contributed by atoms with Crippen molar-refractivity contribution in [1.82, 2.24) is 24.7 Å². The van der Waals surface area contributed by atoms with E-state index in [0.717, 1.165) is 47.8 Å². The summed E-state index contributed by atoms with van der Waals surface area (Å²) < 4.78 is 11.6. The van der Waals surface area contributed by atoms with Gasteiger partial charge >= 0.3 is 0 Å². The van der Waals surface area contributed by atoms with E-state index >= 15 is 0 Å². The van der Waals surface area contributed by atoms with Crippen molar-refractivity contribution in [3.63, 3.8) is 0 Å². The van der Waals surface area contributed by atoms with Gasteiger partial charge in [0.1, 0.15) is 5.69 Å². The summed E-state index contributed by atoms with van der Waals surface area (Å²) in [6, 6.07) is 0.00977. The van der Waals surface area contributed by atoms with Gasteiger partial charge in [-0.3, -0.25) is 4.68 Å². The molecule has 2 rings (SSSR count). The zero-order chi connectivity index (χ0) is 15.2. The highest BCUT2D eigenvalue weighted by atomic mass is 32.1. The number of hydrogen-bond donors (Lipinski definition) is 1. The lowest BCUT2D eigenvalue weighted by molar-refractivity contribution is 0.400. The van der Waals surface area contributed by atoms with Gasteiger partial charge < -0.3 is 10.1 Å². The van der Waals surface area contributed by atoms with E-state index in [0.29, 0.717) is 0 Å². The van der Waals surface area contributed by atoms with Crippen molar-refractivity contribution in [2.75, 3.05) is 14.2 Å². The monoisotopic (exact) mass is 309 g/mol. The van der Waals surface area contributed by atoms with Gasteiger partial charge in [0.15, 0.2) is 5.75 Å². The Hall–Kier alpha value is -1.47. The predicted octanol–water partition coefficient (Wildman–Crippen LogP) is 2.41. The van der Waals surface area contributed by atoms with Crippen LogP contribution in [0.25, 0.3) is 0 Å². The molecule has 1 unspecified atom stereocenters. The van der Waals surface area contributed by atoms with Crippen molar-refractivity contribution in [2.45, 2.75) is 45.7 Å². The Balaban J connectivity index is 2.45. The van der Waals surface area contributed by atoms with Crippen LogP contribution in [0.2, 0.25) is 0 Å². The van der Waals surface area contributed by atoms with E-state index in [-0.39, 0.29) is 6.04 Å². The number of hydrogen-bond acceptors (Lipinski definition) is 6. The summed E-state index contributed by atoms with van der Waals surface area (Å²) in [5.41, 5.74) is 2.11. The third kappa shape index (κ3) is 3.24. The summed E-state index contributed by atoms with van der Waals surface area (Å²) >= 11 is 1.45. The number of aryl methyl sites for hydroxylation is 2. The van der Waals surface area contributed by atoms with Crippen molar-refractivity contribution >= 4 is 11.5 Å². The number of rotatable bonds is 8. The van der Waals surface area contributed by atoms with Gasteiger partial charge in [-0.2, -0.15) is 5.10 Å². The van der Waals surface area contributed by atoms with Crippen LogP contribution in [0.4, 0.5) is 0 Å². The zero-order valence-corrected chi connectivity index (χ0v) is 13.9. The molecule has 2 aromatic heterocycles. The largest absolute Gasteiger partial charge is 0.493 e. The third-order valence-electron chi connectivity index (χ3n) is 3.40. The third-order valence-corrected chi connectivity index (χ3v) is 4.23. The normalized spacial score (nSPS) is 12.6. The molecule has 0 radical (unpaired) electrons. The van der Waals surface area contributed by atoms with Gasteiger partial charge in [0, 0.05) is 6.54 Å². The van der Waals surface area contributed by atoms with Crippen molar-refractivity contribution in [3.8, 4) is 5.75 Å². The first-order chi connectivity index (χ1) is 10.3. The van der Waals surface area contributed by atoms with Gasteiger partial charge in [0.2, 0.25) is 0 Å². The maximum Gasteiger partial charge on any atom is 0.161 e. The van der Waals surface area contributed by atoms with Crippen LogP contribution < -0.4 is 10.1 Å². The fourth-order valence-electron chi connectivity index (χ4n) is 2.45. The average molecular weight is 309 g/mol. The fourth-order valence-corrected chi connectivity index (χ4v) is 3.26. The molecule has 0 spiro atoms. The highest BCUT2D eigenvalue weighted by Crippen LogP contribution is 2.33. The van der Waals surface area contributed by atoms with Gasteiger partial charge in [0.25, 0.3) is 0 Å². The molecule has 0 aliphatic rings. The Morgan fingerprint density at radius 3 is 2.81 bits per heavy atom. The molecule has 7 heteroatoms. The van der Waals surface area contributed by atoms with Gasteiger partial charge in [-0.25, -0.2) is 0 Å². The Kier molecular flexibility index (Phi) is 5.69. The predicted molar refractivity (Wildman–Crippen MR) is 83.9 cm³/mol. The minimum Gasteiger partial charge on any atom is -0.493 e. The lowest BCUT2D eigenvalue weighted by Crippen LogP contribution is -2.22. The van der Waals surface area contributed by atoms with Gasteiger partial charge in [0.05, 0.1) is 29.9 Å². The molecule has 2 aromatic rings. The van der Waals surface area contributed by atoms with Crippen LogP contribution in [0.15, 0.2) is 6.20 Å². The number of nitrogens with one attached hydrogen (secondary N) is 1. The zero-order valence-electron chi connectivity index (χ0n) is 13.1. The van der Waals surface area contributed by atoms with Crippen LogP contribution in [0.3, 0.4) is 0 Å². The second-order valence-electron chi connectivity index (χ2n) is 4.88. The molecule has 0 aromatic carbocycles. The maximum atomic E-state index is 5.49. The van der Waals surface area contributed by atoms with E-state index in [1.807, 2.05) is 11.7 Å². The molecule has 2 heterocycles. The topological polar surface area (TPSA) is 64.9 Å². The molecule has 0 saturated heterocycles. The maximum absolute atomic E-state index is 5.49. The summed E-state index contributed by atoms with van der Waals surface area (Å²) in [7, 11) is 3.63. The van der Waals surface area contributed by atoms with Gasteiger partial charge in [-0.05, 0) is 31.4 Å². The molecule has 0 aliphatic carbocycles. The second-order valence-corrected chi connectivity index (χ2v) is 5.66. The van der Waals surface area contributed by atoms with Crippen LogP contribution in [-0.2, 0) is 13.0 Å². The lowest BCUT2D eigenvalue weighted by Gasteiger charge is -2.18. The van der Waals surface area contributed by atoms with Crippen LogP contribution in [0, 0.1) is 0 Å². The van der Waals surface area contributed by atoms with Gasteiger partial charge in [-0.1, -0.05) is 24.8 Å². The van der Waals surface area contributed by atoms with E-state index in [4.69, 9.17) is 4.74 Å². The molecule has 21 heavy (non-hydrogen) atoms. The van der Waals surface area contributed by atoms with Crippen LogP contribution in [0.5, 0.6) is 5.75 Å². The molecular formula is C14H23N5OS. The summed E-state index contributed by atoms with van der Waals surface area (Å²) in [6.45, 7) is 5.16. The average Bonchev–Trinajstić information content (AvgIpc) is 3.09. The van der Waals surface area contributed by atoms with Crippen LogP contribution >= 0.6 is 11.5 Å². The molecule has 116 valence electrons. The molecular weight excluding hydrogens is 286 g/mol. The summed E-state index contributed by atoms with van der Waals surface area (Å²) in [5, 5.41) is 12.1. The molecule has 1 N–H and O–H groups in total. The highest BCUT2D eigenvalue weighted by molar-refractivity contribution is 7.05. The molecule has 1 atom stereocenters. The van der Waals surface area contributed by atoms with Crippen molar-refractivity contribution in [2.24, 2.45) is 0 Å². The molecule has 0 fully saturated rings. The fraction of sp³-hybridized carbons (Fsp3) is 0.643. The van der Waals surface area contributed by atoms with E-state index < -0.39 is 0 Å². The molecule has 0 bridgehead atoms. The van der Waals surface area contributed by atoms with Crippen LogP contribution in [-0.4, -0.2) is 33.5 Å². The van der Waals surface area contributed by atoms with Crippen molar-refractivity contribution < 1.29 is 4.74 Å². The number of aromatic nitrogens is 4. The van der Waals surface area contributed by atoms with E-state index in [2.05, 4.69) is 33.8 Å². The first kappa shape index (κ1) is 15.9. The Morgan fingerprint density at radius 1 is 1.38 bits per heavy atom. The van der Waals surface area contributed by atoms with E-state index in [9.17, 15) is 0 Å². The minimum atomic E-state index is 0.00977. The summed E-state index contributed by atoms with van der Waals surface area (Å²) in [6.07, 6.45) is 4.80. The number of nitrogens with zero attached hydrogens (tertiary/aromatic N) is 4. The second kappa shape index (κ2) is 7.51. The standard InChI is InChI=1S/C14H23N5OS/c1-5-7-10-14(21-18-17-10)12(15-3)13-11(20-4)9-16-19(13)8-6-2/h9,12,15H,5-8H2,1-4H3. The number of methoxy groups -OCH3 is 1. The summed E-state index contributed by atoms with van der Waals surface area (Å²) in [4.78, 5) is 1.15. The Bertz CT molecular complexity index is 565. The lowest BCUT2D eigenvalue weighted by atomic mass is 10.1. The molecule has 0 saturated carbocycles. The summed E-state index contributed by atoms with van der Waals surface area (Å²) in [5.74, 6) is 0.804. The van der Waals surface area contributed by atoms with E-state index in [1.54, 1.807) is 13.3 Å². The van der Waals surface area contributed by atoms with Crippen molar-refractivity contribution in [3.05, 3.63) is 22.5 Å². The van der Waals surface area contributed by atoms with Gasteiger partial charge in [-0.15, -0.1) is 5.10 Å². The minimum absolute atomic E-state index is 0.00977. The molecule has 0 amide bonds. The highest BCUT2D eigenvalue weighted by Gasteiger charge is 2.26. The Morgan fingerprint density at radius 2 is 2.19 bits per heavy atom. The molecule has 0 aliphatic heterocycles. The van der Waals surface area contributed by atoms with Crippen LogP contribution in [0.1, 0.15) is 49.0 Å². The van der Waals surface area contributed by atoms with E-state index in [1.165, 1.54) is 11.5 Å². The first-order valence-corrected chi connectivity index (χ1v) is 8.12. The molecule has 6 nitrogen and oxygen atoms in total. The number of ether oxygens (including phenoxy) is 1. The first-order valence-electron chi connectivity index (χ1n) is 7.34. The van der Waals surface area contributed by atoms with Crippen molar-refractivity contribution in [1.29, 1.82) is 0 Å². The quantitative estimate of drug-likeness (QED) is 0.811.